The fourth-order valence-electron chi connectivity index (χ4n) is 2.46. The number of carbonyl (C=O) groups excluding carboxylic acids is 1. The molecule has 1 aromatic heterocycles. The van der Waals surface area contributed by atoms with E-state index in [2.05, 4.69) is 10.3 Å². The molecule has 0 unspecified atom stereocenters. The van der Waals surface area contributed by atoms with Gasteiger partial charge in [-0.1, -0.05) is 22.9 Å². The zero-order valence-corrected chi connectivity index (χ0v) is 17.0. The van der Waals surface area contributed by atoms with E-state index in [1.165, 1.54) is 36.7 Å². The molecule has 8 heteroatoms. The van der Waals surface area contributed by atoms with Crippen LogP contribution >= 0.6 is 22.9 Å². The number of carbonyl (C=O) groups is 1. The summed E-state index contributed by atoms with van der Waals surface area (Å²) in [5.41, 5.74) is 1.31. The summed E-state index contributed by atoms with van der Waals surface area (Å²) in [5, 5.41) is 3.46. The minimum atomic E-state index is -0.364. The van der Waals surface area contributed by atoms with Gasteiger partial charge in [-0.2, -0.15) is 0 Å². The molecule has 3 aromatic rings. The van der Waals surface area contributed by atoms with Gasteiger partial charge in [-0.25, -0.2) is 9.37 Å². The van der Waals surface area contributed by atoms with E-state index >= 15 is 0 Å². The highest BCUT2D eigenvalue weighted by molar-refractivity contribution is 7.22. The lowest BCUT2D eigenvalue weighted by Crippen LogP contribution is -2.08. The number of anilines is 1. The molecule has 0 aliphatic carbocycles. The molecule has 3 rings (SSSR count). The number of hydrogen-bond acceptors (Lipinski definition) is 5. The van der Waals surface area contributed by atoms with Crippen LogP contribution in [0.5, 0.6) is 11.5 Å². The van der Waals surface area contributed by atoms with Crippen molar-refractivity contribution in [3.63, 3.8) is 0 Å². The van der Waals surface area contributed by atoms with E-state index in [1.807, 2.05) is 13.8 Å². The summed E-state index contributed by atoms with van der Waals surface area (Å²) in [4.78, 5) is 16.4. The quantitative estimate of drug-likeness (QED) is 0.532. The molecule has 0 radical (unpaired) electrons. The van der Waals surface area contributed by atoms with E-state index < -0.39 is 0 Å². The first kappa shape index (κ1) is 20.1. The summed E-state index contributed by atoms with van der Waals surface area (Å²) in [7, 11) is 1.52. The van der Waals surface area contributed by atoms with Crippen LogP contribution in [-0.2, 0) is 4.79 Å². The fraction of sp³-hybridized carbons (Fsp3) is 0.200. The van der Waals surface area contributed by atoms with Crippen LogP contribution in [0.3, 0.4) is 0 Å². The van der Waals surface area contributed by atoms with Crippen molar-refractivity contribution in [3.8, 4) is 11.5 Å². The standard InChI is InChI=1S/C20H18ClFN2O3S/c1-11(2)27-19-14(21)8-12(9-16(19)26-3)4-7-18(25)24-20-23-15-6-5-13(22)10-17(15)28-20/h4-11H,1-3H3,(H,23,24,25)/b7-4+. The van der Waals surface area contributed by atoms with Crippen LogP contribution in [-0.4, -0.2) is 24.1 Å². The Kier molecular flexibility index (Phi) is 6.16. The number of hydrogen-bond donors (Lipinski definition) is 1. The molecule has 0 aliphatic rings. The average molecular weight is 421 g/mol. The molecule has 1 heterocycles. The molecule has 0 aliphatic heterocycles. The Bertz CT molecular complexity index is 1050. The van der Waals surface area contributed by atoms with E-state index in [9.17, 15) is 9.18 Å². The number of aromatic nitrogens is 1. The predicted molar refractivity (Wildman–Crippen MR) is 111 cm³/mol. The summed E-state index contributed by atoms with van der Waals surface area (Å²) in [6.45, 7) is 3.79. The maximum Gasteiger partial charge on any atom is 0.250 e. The molecule has 5 nitrogen and oxygen atoms in total. The highest BCUT2D eigenvalue weighted by Gasteiger charge is 2.13. The first-order valence-corrected chi connectivity index (χ1v) is 9.64. The van der Waals surface area contributed by atoms with Crippen molar-refractivity contribution in [2.75, 3.05) is 12.4 Å². The van der Waals surface area contributed by atoms with Crippen LogP contribution < -0.4 is 14.8 Å². The van der Waals surface area contributed by atoms with Gasteiger partial charge in [0.15, 0.2) is 16.6 Å². The molecular formula is C20H18ClFN2O3S. The van der Waals surface area contributed by atoms with Gasteiger partial charge >= 0.3 is 0 Å². The van der Waals surface area contributed by atoms with Crippen LogP contribution in [0.25, 0.3) is 16.3 Å². The number of nitrogens with zero attached hydrogens (tertiary/aromatic N) is 1. The van der Waals surface area contributed by atoms with Crippen LogP contribution in [0.15, 0.2) is 36.4 Å². The molecule has 0 saturated carbocycles. The Hall–Kier alpha value is -2.64. The summed E-state index contributed by atoms with van der Waals surface area (Å²) < 4.78 is 24.9. The highest BCUT2D eigenvalue weighted by atomic mass is 35.5. The van der Waals surface area contributed by atoms with Gasteiger partial charge in [0.2, 0.25) is 5.91 Å². The van der Waals surface area contributed by atoms with Gasteiger partial charge in [0, 0.05) is 6.08 Å². The number of benzene rings is 2. The van der Waals surface area contributed by atoms with E-state index in [-0.39, 0.29) is 17.8 Å². The molecule has 0 atom stereocenters. The molecule has 146 valence electrons. The number of ether oxygens (including phenoxy) is 2. The van der Waals surface area contributed by atoms with Gasteiger partial charge < -0.3 is 9.47 Å². The molecule has 0 saturated heterocycles. The number of nitrogens with one attached hydrogen (secondary N) is 1. The van der Waals surface area contributed by atoms with Crippen molar-refractivity contribution < 1.29 is 18.7 Å². The number of amides is 1. The molecule has 1 N–H and O–H groups in total. The highest BCUT2D eigenvalue weighted by Crippen LogP contribution is 2.37. The second-order valence-electron chi connectivity index (χ2n) is 6.15. The van der Waals surface area contributed by atoms with E-state index in [1.54, 1.807) is 24.3 Å². The summed E-state index contributed by atoms with van der Waals surface area (Å²) >= 11 is 7.48. The molecule has 0 bridgehead atoms. The lowest BCUT2D eigenvalue weighted by molar-refractivity contribution is -0.111. The zero-order valence-electron chi connectivity index (χ0n) is 15.5. The molecular weight excluding hydrogens is 403 g/mol. The number of fused-ring (bicyclic) bond motifs is 1. The molecule has 1 amide bonds. The Balaban J connectivity index is 1.74. The van der Waals surface area contributed by atoms with Gasteiger partial charge in [0.1, 0.15) is 5.82 Å². The third kappa shape index (κ3) is 4.79. The van der Waals surface area contributed by atoms with E-state index in [0.717, 1.165) is 0 Å². The second kappa shape index (κ2) is 8.58. The van der Waals surface area contributed by atoms with Gasteiger partial charge in [-0.05, 0) is 55.8 Å². The number of rotatable bonds is 6. The molecule has 28 heavy (non-hydrogen) atoms. The summed E-state index contributed by atoms with van der Waals surface area (Å²) in [6, 6.07) is 7.70. The third-order valence-corrected chi connectivity index (χ3v) is 4.83. The maximum atomic E-state index is 13.3. The Morgan fingerprint density at radius 3 is 2.82 bits per heavy atom. The zero-order chi connectivity index (χ0) is 20.3. The van der Waals surface area contributed by atoms with Crippen LogP contribution in [0, 0.1) is 5.82 Å². The topological polar surface area (TPSA) is 60.5 Å². The SMILES string of the molecule is COc1cc(/C=C/C(=O)Nc2nc3ccc(F)cc3s2)cc(Cl)c1OC(C)C. The van der Waals surface area contributed by atoms with Gasteiger partial charge in [-0.15, -0.1) is 0 Å². The van der Waals surface area contributed by atoms with Crippen molar-refractivity contribution in [2.45, 2.75) is 20.0 Å². The normalized spacial score (nSPS) is 11.4. The van der Waals surface area contributed by atoms with Crippen LogP contribution in [0.1, 0.15) is 19.4 Å². The fourth-order valence-corrected chi connectivity index (χ4v) is 3.61. The summed E-state index contributed by atoms with van der Waals surface area (Å²) in [5.74, 6) is 0.235. The van der Waals surface area contributed by atoms with Crippen molar-refractivity contribution >= 4 is 50.3 Å². The van der Waals surface area contributed by atoms with Crippen molar-refractivity contribution in [3.05, 3.63) is 52.8 Å². The molecule has 2 aromatic carbocycles. The maximum absolute atomic E-state index is 13.3. The monoisotopic (exact) mass is 420 g/mol. The Morgan fingerprint density at radius 2 is 2.11 bits per heavy atom. The Morgan fingerprint density at radius 1 is 1.32 bits per heavy atom. The smallest absolute Gasteiger partial charge is 0.250 e. The van der Waals surface area contributed by atoms with Crippen LogP contribution in [0.2, 0.25) is 5.02 Å². The Labute approximate surface area is 170 Å². The first-order valence-electron chi connectivity index (χ1n) is 8.45. The summed E-state index contributed by atoms with van der Waals surface area (Å²) in [6.07, 6.45) is 2.91. The average Bonchev–Trinajstić information content (AvgIpc) is 3.02. The minimum absolute atomic E-state index is 0.0548. The first-order chi connectivity index (χ1) is 13.4. The van der Waals surface area contributed by atoms with E-state index in [4.69, 9.17) is 21.1 Å². The molecule has 0 fully saturated rings. The third-order valence-electron chi connectivity index (χ3n) is 3.61. The van der Waals surface area contributed by atoms with Gasteiger partial charge in [0.05, 0.1) is 28.5 Å². The minimum Gasteiger partial charge on any atom is -0.493 e. The lowest BCUT2D eigenvalue weighted by atomic mass is 10.2. The van der Waals surface area contributed by atoms with E-state index in [0.29, 0.717) is 37.4 Å². The predicted octanol–water partition coefficient (Wildman–Crippen LogP) is 5.54. The van der Waals surface area contributed by atoms with Crippen molar-refractivity contribution in [1.29, 1.82) is 0 Å². The van der Waals surface area contributed by atoms with Crippen molar-refractivity contribution in [1.82, 2.24) is 4.98 Å². The van der Waals surface area contributed by atoms with Crippen LogP contribution in [0.4, 0.5) is 9.52 Å². The van der Waals surface area contributed by atoms with Gasteiger partial charge in [-0.3, -0.25) is 10.1 Å². The van der Waals surface area contributed by atoms with Gasteiger partial charge in [0.25, 0.3) is 0 Å². The largest absolute Gasteiger partial charge is 0.493 e. The second-order valence-corrected chi connectivity index (χ2v) is 7.59. The molecule has 0 spiro atoms. The number of methoxy groups -OCH3 is 1. The number of halogens is 2. The van der Waals surface area contributed by atoms with Crippen molar-refractivity contribution in [2.24, 2.45) is 0 Å². The number of thiazole rings is 1. The lowest BCUT2D eigenvalue weighted by Gasteiger charge is -2.15.